The van der Waals surface area contributed by atoms with Crippen molar-refractivity contribution in [1.29, 1.82) is 5.26 Å². The fourth-order valence-electron chi connectivity index (χ4n) is 4.18. The molecule has 0 amide bonds. The number of nitriles is 1. The molecule has 2 aliphatic rings. The number of aryl methyl sites for hydroxylation is 1. The van der Waals surface area contributed by atoms with Crippen molar-refractivity contribution in [2.45, 2.75) is 43.9 Å². The Morgan fingerprint density at radius 2 is 1.93 bits per heavy atom. The summed E-state index contributed by atoms with van der Waals surface area (Å²) in [5.41, 5.74) is 0.633. The number of ether oxygens (including phenoxy) is 1. The lowest BCUT2D eigenvalue weighted by molar-refractivity contribution is 0.0584. The van der Waals surface area contributed by atoms with E-state index in [0.29, 0.717) is 48.5 Å². The summed E-state index contributed by atoms with van der Waals surface area (Å²) in [6.07, 6.45) is 3.74. The minimum atomic E-state index is -0.660. The highest BCUT2D eigenvalue weighted by atomic mass is 19.1. The van der Waals surface area contributed by atoms with Crippen LogP contribution in [0.25, 0.3) is 0 Å². The maximum absolute atomic E-state index is 13.6. The maximum Gasteiger partial charge on any atom is 0.346 e. The van der Waals surface area contributed by atoms with Gasteiger partial charge < -0.3 is 4.74 Å². The van der Waals surface area contributed by atoms with E-state index in [0.717, 1.165) is 6.07 Å². The summed E-state index contributed by atoms with van der Waals surface area (Å²) >= 11 is 0. The Bertz CT molecular complexity index is 1200. The summed E-state index contributed by atoms with van der Waals surface area (Å²) in [7, 11) is 0. The van der Waals surface area contributed by atoms with Crippen LogP contribution in [-0.4, -0.2) is 25.4 Å². The van der Waals surface area contributed by atoms with E-state index in [-0.39, 0.29) is 17.8 Å². The summed E-state index contributed by atoms with van der Waals surface area (Å²) < 4.78 is 36.1. The zero-order chi connectivity index (χ0) is 20.8. The van der Waals surface area contributed by atoms with Gasteiger partial charge in [-0.3, -0.25) is 4.57 Å². The van der Waals surface area contributed by atoms with E-state index in [9.17, 15) is 13.6 Å². The Morgan fingerprint density at radius 1 is 1.17 bits per heavy atom. The summed E-state index contributed by atoms with van der Waals surface area (Å²) in [5.74, 6) is -0.313. The lowest BCUT2D eigenvalue weighted by Crippen LogP contribution is -2.41. The minimum absolute atomic E-state index is 0.107. The molecule has 0 bridgehead atoms. The molecular weight excluding hydrogens is 392 g/mol. The molecule has 0 N–H and O–H groups in total. The van der Waals surface area contributed by atoms with Crippen molar-refractivity contribution in [2.75, 3.05) is 0 Å². The van der Waals surface area contributed by atoms with Gasteiger partial charge in [-0.15, -0.1) is 0 Å². The monoisotopic (exact) mass is 409 g/mol. The van der Waals surface area contributed by atoms with Crippen LogP contribution in [-0.2, 0) is 6.42 Å². The molecule has 3 heterocycles. The van der Waals surface area contributed by atoms with Crippen molar-refractivity contribution in [3.05, 3.63) is 75.6 Å². The predicted molar refractivity (Wildman–Crippen MR) is 101 cm³/mol. The van der Waals surface area contributed by atoms with Crippen molar-refractivity contribution in [1.82, 2.24) is 19.3 Å². The molecule has 2 aromatic heterocycles. The normalized spacial score (nSPS) is 22.2. The summed E-state index contributed by atoms with van der Waals surface area (Å²) in [4.78, 5) is 17.1. The first-order chi connectivity index (χ1) is 14.5. The van der Waals surface area contributed by atoms with Gasteiger partial charge in [-0.1, -0.05) is 0 Å². The summed E-state index contributed by atoms with van der Waals surface area (Å²) in [6.45, 7) is 0. The average Bonchev–Trinajstić information content (AvgIpc) is 3.24. The average molecular weight is 409 g/mol. The fraction of sp³-hybridized carbons (Fsp3) is 0.333. The zero-order valence-corrected chi connectivity index (χ0v) is 15.8. The van der Waals surface area contributed by atoms with E-state index in [1.165, 1.54) is 23.0 Å². The van der Waals surface area contributed by atoms with Crippen LogP contribution in [0, 0.1) is 23.0 Å². The second-order valence-corrected chi connectivity index (χ2v) is 7.63. The molecule has 1 aliphatic heterocycles. The molecule has 152 valence electrons. The summed E-state index contributed by atoms with van der Waals surface area (Å²) in [6, 6.07) is 8.04. The Labute approximate surface area is 170 Å². The third-order valence-corrected chi connectivity index (χ3v) is 5.69. The van der Waals surface area contributed by atoms with Gasteiger partial charge in [0, 0.05) is 37.6 Å². The zero-order valence-electron chi connectivity index (χ0n) is 15.8. The SMILES string of the molecule is N#Cc1ccnc(OC2CC(n3nc4n(c3=O)[C@H](c3cc(F)cc(F)c3)CC4)C2)c1. The molecule has 0 spiro atoms. The van der Waals surface area contributed by atoms with Gasteiger partial charge in [0.1, 0.15) is 23.6 Å². The van der Waals surface area contributed by atoms with Gasteiger partial charge in [-0.25, -0.2) is 23.2 Å². The Morgan fingerprint density at radius 3 is 2.67 bits per heavy atom. The van der Waals surface area contributed by atoms with E-state index in [1.807, 2.05) is 6.07 Å². The van der Waals surface area contributed by atoms with Crippen LogP contribution in [0.15, 0.2) is 41.3 Å². The fourth-order valence-corrected chi connectivity index (χ4v) is 4.18. The van der Waals surface area contributed by atoms with Crippen LogP contribution in [0.4, 0.5) is 8.78 Å². The molecule has 1 fully saturated rings. The maximum atomic E-state index is 13.6. The number of fused-ring (bicyclic) bond motifs is 1. The topological polar surface area (TPSA) is 85.7 Å². The molecule has 7 nitrogen and oxygen atoms in total. The van der Waals surface area contributed by atoms with E-state index >= 15 is 0 Å². The highest BCUT2D eigenvalue weighted by Crippen LogP contribution is 2.36. The highest BCUT2D eigenvalue weighted by molar-refractivity contribution is 5.31. The van der Waals surface area contributed by atoms with Crippen LogP contribution in [0.5, 0.6) is 5.88 Å². The van der Waals surface area contributed by atoms with Gasteiger partial charge in [-0.05, 0) is 30.2 Å². The minimum Gasteiger partial charge on any atom is -0.474 e. The largest absolute Gasteiger partial charge is 0.474 e. The van der Waals surface area contributed by atoms with E-state index in [4.69, 9.17) is 10.00 Å². The Hall–Kier alpha value is -3.54. The van der Waals surface area contributed by atoms with Gasteiger partial charge in [-0.2, -0.15) is 10.4 Å². The second-order valence-electron chi connectivity index (χ2n) is 7.63. The first-order valence-electron chi connectivity index (χ1n) is 9.70. The van der Waals surface area contributed by atoms with Crippen molar-refractivity contribution in [3.63, 3.8) is 0 Å². The molecule has 3 aromatic rings. The highest BCUT2D eigenvalue weighted by Gasteiger charge is 2.38. The second kappa shape index (κ2) is 7.06. The molecule has 1 aliphatic carbocycles. The van der Waals surface area contributed by atoms with Crippen molar-refractivity contribution in [2.24, 2.45) is 0 Å². The molecule has 9 heteroatoms. The van der Waals surface area contributed by atoms with Gasteiger partial charge in [0.25, 0.3) is 0 Å². The van der Waals surface area contributed by atoms with Gasteiger partial charge >= 0.3 is 5.69 Å². The van der Waals surface area contributed by atoms with Gasteiger partial charge in [0.15, 0.2) is 0 Å². The number of nitrogens with zero attached hydrogens (tertiary/aromatic N) is 5. The summed E-state index contributed by atoms with van der Waals surface area (Å²) in [5, 5.41) is 13.4. The van der Waals surface area contributed by atoms with Gasteiger partial charge in [0.2, 0.25) is 5.88 Å². The number of halogens is 2. The van der Waals surface area contributed by atoms with E-state index in [2.05, 4.69) is 10.1 Å². The third-order valence-electron chi connectivity index (χ3n) is 5.69. The molecule has 1 aromatic carbocycles. The lowest BCUT2D eigenvalue weighted by atomic mass is 9.89. The smallest absolute Gasteiger partial charge is 0.346 e. The first-order valence-corrected chi connectivity index (χ1v) is 9.70. The van der Waals surface area contributed by atoms with Crippen LogP contribution in [0.3, 0.4) is 0 Å². The van der Waals surface area contributed by atoms with Crippen LogP contribution in [0.1, 0.15) is 48.3 Å². The van der Waals surface area contributed by atoms with E-state index in [1.54, 1.807) is 16.7 Å². The third kappa shape index (κ3) is 3.14. The Kier molecular flexibility index (Phi) is 4.35. The molecule has 0 radical (unpaired) electrons. The molecule has 1 saturated carbocycles. The standard InChI is InChI=1S/C21H17F2N5O2/c22-14-6-13(7-15(23)8-14)18-1-2-19-26-28(21(29)27(18)19)16-9-17(10-16)30-20-5-12(11-24)3-4-25-20/h3-8,16-18H,1-2,9-10H2/t16?,17?,18-/m0/s1. The molecule has 30 heavy (non-hydrogen) atoms. The van der Waals surface area contributed by atoms with Crippen molar-refractivity contribution >= 4 is 0 Å². The molecular formula is C21H17F2N5O2. The molecule has 0 saturated heterocycles. The lowest BCUT2D eigenvalue weighted by Gasteiger charge is -2.34. The van der Waals surface area contributed by atoms with Gasteiger partial charge in [0.05, 0.1) is 23.7 Å². The predicted octanol–water partition coefficient (Wildman–Crippen LogP) is 2.91. The first kappa shape index (κ1) is 18.5. The molecule has 5 rings (SSSR count). The number of rotatable bonds is 4. The number of hydrogen-bond acceptors (Lipinski definition) is 5. The molecule has 0 unspecified atom stereocenters. The number of aromatic nitrogens is 4. The van der Waals surface area contributed by atoms with Crippen molar-refractivity contribution in [3.8, 4) is 11.9 Å². The van der Waals surface area contributed by atoms with Crippen LogP contribution in [0.2, 0.25) is 0 Å². The quantitative estimate of drug-likeness (QED) is 0.661. The van der Waals surface area contributed by atoms with Crippen LogP contribution >= 0.6 is 0 Å². The van der Waals surface area contributed by atoms with E-state index < -0.39 is 17.7 Å². The number of hydrogen-bond donors (Lipinski definition) is 0. The van der Waals surface area contributed by atoms with Crippen LogP contribution < -0.4 is 10.4 Å². The number of benzene rings is 1. The van der Waals surface area contributed by atoms with Crippen molar-refractivity contribution < 1.29 is 13.5 Å². The number of pyridine rings is 1. The Balaban J connectivity index is 1.32. The molecule has 1 atom stereocenters.